The quantitative estimate of drug-likeness (QED) is 0.769. The summed E-state index contributed by atoms with van der Waals surface area (Å²) in [6, 6.07) is 0.583. The van der Waals surface area contributed by atoms with Crippen molar-refractivity contribution >= 4 is 5.91 Å². The summed E-state index contributed by atoms with van der Waals surface area (Å²) >= 11 is 0. The van der Waals surface area contributed by atoms with E-state index in [4.69, 9.17) is 0 Å². The fraction of sp³-hybridized carbons (Fsp3) is 0.933. The molecule has 1 aliphatic heterocycles. The van der Waals surface area contributed by atoms with Crippen LogP contribution >= 0.6 is 0 Å². The number of likely N-dealkylation sites (N-methyl/N-ethyl adjacent to an activating group) is 2. The number of piperidine rings is 1. The van der Waals surface area contributed by atoms with Gasteiger partial charge in [0.1, 0.15) is 0 Å². The minimum absolute atomic E-state index is 0.179. The molecule has 1 rings (SSSR count). The van der Waals surface area contributed by atoms with Gasteiger partial charge in [-0.3, -0.25) is 9.69 Å². The molecule has 0 saturated carbocycles. The van der Waals surface area contributed by atoms with Crippen LogP contribution < -0.4 is 5.32 Å². The fourth-order valence-corrected chi connectivity index (χ4v) is 2.18. The standard InChI is InChI=1S/C15H32N4O/c1-15(2,18(5)6)12-16-13-7-9-19(10-8-13)11-14(20)17(3)4/h13,16H,7-12H2,1-6H3. The van der Waals surface area contributed by atoms with E-state index in [9.17, 15) is 4.79 Å². The predicted octanol–water partition coefficient (Wildman–Crippen LogP) is 0.469. The minimum Gasteiger partial charge on any atom is -0.348 e. The SMILES string of the molecule is CN(C)C(=O)CN1CCC(NCC(C)(C)N(C)C)CC1. The molecule has 5 heteroatoms. The molecule has 118 valence electrons. The van der Waals surface area contributed by atoms with Gasteiger partial charge in [0, 0.05) is 45.3 Å². The first kappa shape index (κ1) is 17.4. The lowest BCUT2D eigenvalue weighted by Crippen LogP contribution is -2.52. The molecule has 0 atom stereocenters. The summed E-state index contributed by atoms with van der Waals surface area (Å²) in [5, 5.41) is 3.68. The third-order valence-corrected chi connectivity index (χ3v) is 4.48. The lowest BCUT2D eigenvalue weighted by molar-refractivity contribution is -0.130. The largest absolute Gasteiger partial charge is 0.348 e. The molecular formula is C15H32N4O. The van der Waals surface area contributed by atoms with E-state index in [1.807, 2.05) is 14.1 Å². The lowest BCUT2D eigenvalue weighted by atomic mass is 10.0. The molecule has 0 aliphatic carbocycles. The summed E-state index contributed by atoms with van der Waals surface area (Å²) in [5.41, 5.74) is 0.179. The van der Waals surface area contributed by atoms with E-state index >= 15 is 0 Å². The number of hydrogen-bond acceptors (Lipinski definition) is 4. The van der Waals surface area contributed by atoms with Gasteiger partial charge in [0.2, 0.25) is 5.91 Å². The van der Waals surface area contributed by atoms with Crippen molar-refractivity contribution in [3.05, 3.63) is 0 Å². The van der Waals surface area contributed by atoms with Crippen molar-refractivity contribution in [2.24, 2.45) is 0 Å². The summed E-state index contributed by atoms with van der Waals surface area (Å²) < 4.78 is 0. The van der Waals surface area contributed by atoms with E-state index in [0.717, 1.165) is 32.5 Å². The van der Waals surface area contributed by atoms with E-state index in [0.29, 0.717) is 12.6 Å². The average molecular weight is 284 g/mol. The molecule has 1 aliphatic rings. The van der Waals surface area contributed by atoms with Crippen LogP contribution in [0.4, 0.5) is 0 Å². The highest BCUT2D eigenvalue weighted by Gasteiger charge is 2.25. The molecule has 1 fully saturated rings. The predicted molar refractivity (Wildman–Crippen MR) is 83.9 cm³/mol. The smallest absolute Gasteiger partial charge is 0.236 e. The second-order valence-corrected chi connectivity index (χ2v) is 6.93. The van der Waals surface area contributed by atoms with Crippen molar-refractivity contribution in [2.75, 3.05) is 54.4 Å². The van der Waals surface area contributed by atoms with Crippen LogP contribution in [0.3, 0.4) is 0 Å². The van der Waals surface area contributed by atoms with Crippen LogP contribution in [-0.2, 0) is 4.79 Å². The molecule has 1 N–H and O–H groups in total. The number of nitrogens with one attached hydrogen (secondary N) is 1. The molecule has 0 aromatic carbocycles. The zero-order valence-corrected chi connectivity index (χ0v) is 14.1. The number of rotatable bonds is 6. The van der Waals surface area contributed by atoms with Gasteiger partial charge in [-0.2, -0.15) is 0 Å². The van der Waals surface area contributed by atoms with Crippen LogP contribution in [0.25, 0.3) is 0 Å². The van der Waals surface area contributed by atoms with E-state index in [-0.39, 0.29) is 11.4 Å². The van der Waals surface area contributed by atoms with E-state index in [1.165, 1.54) is 0 Å². The highest BCUT2D eigenvalue weighted by molar-refractivity contribution is 5.77. The van der Waals surface area contributed by atoms with Gasteiger partial charge >= 0.3 is 0 Å². The topological polar surface area (TPSA) is 38.8 Å². The van der Waals surface area contributed by atoms with E-state index in [1.54, 1.807) is 4.90 Å². The highest BCUT2D eigenvalue weighted by Crippen LogP contribution is 2.13. The highest BCUT2D eigenvalue weighted by atomic mass is 16.2. The Hall–Kier alpha value is -0.650. The van der Waals surface area contributed by atoms with Crippen LogP contribution in [0, 0.1) is 0 Å². The molecule has 0 spiro atoms. The van der Waals surface area contributed by atoms with E-state index in [2.05, 4.69) is 43.1 Å². The Bertz CT molecular complexity index is 307. The zero-order chi connectivity index (χ0) is 15.3. The third-order valence-electron chi connectivity index (χ3n) is 4.48. The molecule has 0 unspecified atom stereocenters. The number of nitrogens with zero attached hydrogens (tertiary/aromatic N) is 3. The first-order valence-corrected chi connectivity index (χ1v) is 7.55. The van der Waals surface area contributed by atoms with Gasteiger partial charge in [-0.05, 0) is 40.8 Å². The Labute approximate surface area is 124 Å². The second-order valence-electron chi connectivity index (χ2n) is 6.93. The minimum atomic E-state index is 0.179. The third kappa shape index (κ3) is 5.38. The monoisotopic (exact) mass is 284 g/mol. The number of amides is 1. The molecule has 1 saturated heterocycles. The Balaban J connectivity index is 2.27. The van der Waals surface area contributed by atoms with Crippen molar-refractivity contribution in [3.8, 4) is 0 Å². The van der Waals surface area contributed by atoms with Gasteiger partial charge in [-0.15, -0.1) is 0 Å². The first-order chi connectivity index (χ1) is 9.22. The van der Waals surface area contributed by atoms with Gasteiger partial charge < -0.3 is 15.1 Å². The van der Waals surface area contributed by atoms with Gasteiger partial charge in [-0.1, -0.05) is 0 Å². The number of hydrogen-bond donors (Lipinski definition) is 1. The summed E-state index contributed by atoms with van der Waals surface area (Å²) in [6.07, 6.45) is 2.26. The van der Waals surface area contributed by atoms with Crippen LogP contribution in [0.15, 0.2) is 0 Å². The summed E-state index contributed by atoms with van der Waals surface area (Å²) in [5.74, 6) is 0.199. The Morgan fingerprint density at radius 1 is 1.20 bits per heavy atom. The lowest BCUT2D eigenvalue weighted by Gasteiger charge is -2.37. The maximum Gasteiger partial charge on any atom is 0.236 e. The maximum atomic E-state index is 11.7. The van der Waals surface area contributed by atoms with Gasteiger partial charge in [0.15, 0.2) is 0 Å². The van der Waals surface area contributed by atoms with Crippen LogP contribution in [-0.4, -0.2) is 86.6 Å². The molecule has 0 radical (unpaired) electrons. The van der Waals surface area contributed by atoms with Gasteiger partial charge in [-0.25, -0.2) is 0 Å². The number of carbonyl (C=O) groups excluding carboxylic acids is 1. The second kappa shape index (κ2) is 7.38. The van der Waals surface area contributed by atoms with Crippen LogP contribution in [0.2, 0.25) is 0 Å². The van der Waals surface area contributed by atoms with Crippen molar-refractivity contribution in [1.82, 2.24) is 20.0 Å². The number of carbonyl (C=O) groups is 1. The number of likely N-dealkylation sites (tertiary alicyclic amines) is 1. The van der Waals surface area contributed by atoms with Gasteiger partial charge in [0.25, 0.3) is 0 Å². The normalized spacial score (nSPS) is 18.6. The fourth-order valence-electron chi connectivity index (χ4n) is 2.18. The molecule has 5 nitrogen and oxygen atoms in total. The molecule has 0 aromatic rings. The summed E-state index contributed by atoms with van der Waals surface area (Å²) in [7, 11) is 7.88. The summed E-state index contributed by atoms with van der Waals surface area (Å²) in [6.45, 7) is 8.10. The molecule has 0 aromatic heterocycles. The van der Waals surface area contributed by atoms with Gasteiger partial charge in [0.05, 0.1) is 6.54 Å². The Kier molecular flexibility index (Phi) is 6.43. The van der Waals surface area contributed by atoms with Crippen molar-refractivity contribution in [2.45, 2.75) is 38.3 Å². The van der Waals surface area contributed by atoms with Crippen molar-refractivity contribution < 1.29 is 4.79 Å². The molecule has 20 heavy (non-hydrogen) atoms. The molecule has 1 heterocycles. The first-order valence-electron chi connectivity index (χ1n) is 7.55. The maximum absolute atomic E-state index is 11.7. The summed E-state index contributed by atoms with van der Waals surface area (Å²) in [4.78, 5) is 17.9. The molecule has 1 amide bonds. The van der Waals surface area contributed by atoms with Crippen LogP contribution in [0.5, 0.6) is 0 Å². The van der Waals surface area contributed by atoms with Crippen molar-refractivity contribution in [3.63, 3.8) is 0 Å². The Morgan fingerprint density at radius 3 is 2.20 bits per heavy atom. The Morgan fingerprint density at radius 2 is 1.75 bits per heavy atom. The van der Waals surface area contributed by atoms with Crippen LogP contribution in [0.1, 0.15) is 26.7 Å². The van der Waals surface area contributed by atoms with E-state index < -0.39 is 0 Å². The van der Waals surface area contributed by atoms with Crippen molar-refractivity contribution in [1.29, 1.82) is 0 Å². The zero-order valence-electron chi connectivity index (χ0n) is 14.1. The molecule has 0 bridgehead atoms. The molecular weight excluding hydrogens is 252 g/mol. The average Bonchev–Trinajstić information content (AvgIpc) is 2.37.